The highest BCUT2D eigenvalue weighted by atomic mass is 32.1. The van der Waals surface area contributed by atoms with E-state index in [1.165, 1.54) is 11.3 Å². The molecule has 0 saturated carbocycles. The number of piperidine rings is 1. The molecule has 0 aliphatic carbocycles. The van der Waals surface area contributed by atoms with Gasteiger partial charge in [-0.05, 0) is 44.5 Å². The quantitative estimate of drug-likeness (QED) is 0.708. The van der Waals surface area contributed by atoms with Crippen LogP contribution in [0.1, 0.15) is 48.8 Å². The van der Waals surface area contributed by atoms with Gasteiger partial charge < -0.3 is 20.7 Å². The third-order valence-electron chi connectivity index (χ3n) is 4.78. The first-order chi connectivity index (χ1) is 12.2. The van der Waals surface area contributed by atoms with Crippen LogP contribution in [-0.4, -0.2) is 45.2 Å². The third kappa shape index (κ3) is 5.28. The Labute approximate surface area is 160 Å². The van der Waals surface area contributed by atoms with Crippen LogP contribution in [0.2, 0.25) is 0 Å². The number of nitrogens with one attached hydrogen (secondary N) is 3. The highest BCUT2D eigenvalue weighted by Gasteiger charge is 2.33. The van der Waals surface area contributed by atoms with E-state index >= 15 is 0 Å². The second-order valence-electron chi connectivity index (χ2n) is 8.19. The van der Waals surface area contributed by atoms with Crippen molar-refractivity contribution in [3.8, 4) is 0 Å². The molecular formula is C19H31N3O3S. The number of carbonyl (C=O) groups excluding carboxylic acids is 2. The van der Waals surface area contributed by atoms with Crippen LogP contribution in [0.4, 0.5) is 5.00 Å². The molecule has 1 aromatic heterocycles. The van der Waals surface area contributed by atoms with Gasteiger partial charge in [0.25, 0.3) is 5.91 Å². The van der Waals surface area contributed by atoms with Crippen molar-refractivity contribution >= 4 is 28.2 Å². The van der Waals surface area contributed by atoms with E-state index in [2.05, 4.69) is 16.0 Å². The highest BCUT2D eigenvalue weighted by molar-refractivity contribution is 7.18. The Morgan fingerprint density at radius 3 is 2.54 bits per heavy atom. The molecule has 7 heteroatoms. The van der Waals surface area contributed by atoms with E-state index in [4.69, 9.17) is 4.74 Å². The summed E-state index contributed by atoms with van der Waals surface area (Å²) in [7, 11) is 1.71. The Kier molecular flexibility index (Phi) is 6.82. The van der Waals surface area contributed by atoms with Gasteiger partial charge in [0.2, 0.25) is 5.91 Å². The van der Waals surface area contributed by atoms with Crippen LogP contribution in [-0.2, 0) is 9.53 Å². The maximum Gasteiger partial charge on any atom is 0.261 e. The molecule has 0 unspecified atom stereocenters. The van der Waals surface area contributed by atoms with Crippen molar-refractivity contribution < 1.29 is 14.3 Å². The molecule has 26 heavy (non-hydrogen) atoms. The fraction of sp³-hybridized carbons (Fsp3) is 0.684. The van der Waals surface area contributed by atoms with Crippen molar-refractivity contribution in [2.75, 3.05) is 38.7 Å². The lowest BCUT2D eigenvalue weighted by Crippen LogP contribution is -2.47. The summed E-state index contributed by atoms with van der Waals surface area (Å²) in [6.45, 7) is 10.6. The minimum atomic E-state index is -0.470. The van der Waals surface area contributed by atoms with Crippen LogP contribution in [0.3, 0.4) is 0 Å². The maximum absolute atomic E-state index is 12.7. The molecule has 0 atom stereocenters. The van der Waals surface area contributed by atoms with Gasteiger partial charge in [-0.2, -0.15) is 0 Å². The molecule has 0 bridgehead atoms. The molecule has 0 spiro atoms. The molecule has 2 heterocycles. The SMILES string of the molecule is COCC1(CNC(=O)c2sc(NC(=O)C(C)(C)C)cc2C)CCNCC1. The molecule has 1 aliphatic heterocycles. The zero-order valence-electron chi connectivity index (χ0n) is 16.5. The van der Waals surface area contributed by atoms with E-state index in [1.807, 2.05) is 33.8 Å². The molecule has 1 aliphatic rings. The predicted molar refractivity (Wildman–Crippen MR) is 106 cm³/mol. The maximum atomic E-state index is 12.7. The van der Waals surface area contributed by atoms with Crippen LogP contribution in [0.25, 0.3) is 0 Å². The molecule has 1 aromatic rings. The smallest absolute Gasteiger partial charge is 0.261 e. The van der Waals surface area contributed by atoms with Crippen molar-refractivity contribution in [2.24, 2.45) is 10.8 Å². The number of thiophene rings is 1. The fourth-order valence-corrected chi connectivity index (χ4v) is 4.04. The first-order valence-electron chi connectivity index (χ1n) is 9.07. The number of anilines is 1. The van der Waals surface area contributed by atoms with Gasteiger partial charge >= 0.3 is 0 Å². The summed E-state index contributed by atoms with van der Waals surface area (Å²) in [6.07, 6.45) is 1.97. The summed E-state index contributed by atoms with van der Waals surface area (Å²) in [5, 5.41) is 10.0. The predicted octanol–water partition coefficient (Wildman–Crippen LogP) is 2.79. The van der Waals surface area contributed by atoms with Crippen LogP contribution in [0.15, 0.2) is 6.07 Å². The van der Waals surface area contributed by atoms with Crippen molar-refractivity contribution in [1.82, 2.24) is 10.6 Å². The Bertz CT molecular complexity index is 637. The van der Waals surface area contributed by atoms with Crippen molar-refractivity contribution in [3.63, 3.8) is 0 Å². The number of methoxy groups -OCH3 is 1. The fourth-order valence-electron chi connectivity index (χ4n) is 3.05. The second kappa shape index (κ2) is 8.50. The molecule has 1 fully saturated rings. The number of hydrogen-bond donors (Lipinski definition) is 3. The average Bonchev–Trinajstić information content (AvgIpc) is 2.93. The van der Waals surface area contributed by atoms with Gasteiger partial charge in [-0.15, -0.1) is 11.3 Å². The van der Waals surface area contributed by atoms with E-state index in [-0.39, 0.29) is 17.2 Å². The number of rotatable bonds is 6. The summed E-state index contributed by atoms with van der Waals surface area (Å²) >= 11 is 1.32. The number of aryl methyl sites for hydroxylation is 1. The molecule has 0 radical (unpaired) electrons. The summed E-state index contributed by atoms with van der Waals surface area (Å²) in [5.41, 5.74) is 0.397. The lowest BCUT2D eigenvalue weighted by atomic mass is 9.79. The molecule has 2 rings (SSSR count). The van der Waals surface area contributed by atoms with Crippen molar-refractivity contribution in [3.05, 3.63) is 16.5 Å². The first-order valence-corrected chi connectivity index (χ1v) is 9.88. The van der Waals surface area contributed by atoms with Crippen LogP contribution in [0, 0.1) is 17.8 Å². The average molecular weight is 382 g/mol. The lowest BCUT2D eigenvalue weighted by molar-refractivity contribution is -0.123. The zero-order valence-corrected chi connectivity index (χ0v) is 17.3. The number of hydrogen-bond acceptors (Lipinski definition) is 5. The zero-order chi connectivity index (χ0) is 19.4. The van der Waals surface area contributed by atoms with E-state index in [0.717, 1.165) is 31.5 Å². The van der Waals surface area contributed by atoms with Crippen molar-refractivity contribution in [2.45, 2.75) is 40.5 Å². The third-order valence-corrected chi connectivity index (χ3v) is 5.93. The molecule has 3 N–H and O–H groups in total. The second-order valence-corrected chi connectivity index (χ2v) is 9.24. The van der Waals surface area contributed by atoms with Gasteiger partial charge in [0, 0.05) is 24.5 Å². The molecule has 6 nitrogen and oxygen atoms in total. The molecule has 1 saturated heterocycles. The summed E-state index contributed by atoms with van der Waals surface area (Å²) in [4.78, 5) is 25.5. The topological polar surface area (TPSA) is 79.5 Å². The Morgan fingerprint density at radius 2 is 1.96 bits per heavy atom. The van der Waals surface area contributed by atoms with Crippen LogP contribution in [0.5, 0.6) is 0 Å². The van der Waals surface area contributed by atoms with E-state index in [0.29, 0.717) is 23.0 Å². The van der Waals surface area contributed by atoms with Gasteiger partial charge in [-0.1, -0.05) is 20.8 Å². The van der Waals surface area contributed by atoms with Gasteiger partial charge in [0.1, 0.15) is 0 Å². The monoisotopic (exact) mass is 381 g/mol. The number of carbonyl (C=O) groups is 2. The van der Waals surface area contributed by atoms with Gasteiger partial charge in [-0.25, -0.2) is 0 Å². The Hall–Kier alpha value is -1.44. The Morgan fingerprint density at radius 1 is 1.31 bits per heavy atom. The van der Waals surface area contributed by atoms with Crippen LogP contribution >= 0.6 is 11.3 Å². The minimum absolute atomic E-state index is 0.00982. The largest absolute Gasteiger partial charge is 0.384 e. The molecule has 0 aromatic carbocycles. The standard InChI is InChI=1S/C19H31N3O3S/c1-13-10-14(22-17(24)18(2,3)4)26-15(13)16(23)21-11-19(12-25-5)6-8-20-9-7-19/h10,20H,6-9,11-12H2,1-5H3,(H,21,23)(H,22,24). The normalized spacial score (nSPS) is 17.0. The van der Waals surface area contributed by atoms with Gasteiger partial charge in [0.15, 0.2) is 0 Å². The molecular weight excluding hydrogens is 350 g/mol. The van der Waals surface area contributed by atoms with E-state index < -0.39 is 5.41 Å². The summed E-state index contributed by atoms with van der Waals surface area (Å²) < 4.78 is 5.40. The molecule has 146 valence electrons. The highest BCUT2D eigenvalue weighted by Crippen LogP contribution is 2.30. The Balaban J connectivity index is 2.02. The number of amides is 2. The summed E-state index contributed by atoms with van der Waals surface area (Å²) in [6, 6.07) is 1.86. The van der Waals surface area contributed by atoms with Gasteiger partial charge in [-0.3, -0.25) is 9.59 Å². The molecule has 2 amide bonds. The van der Waals surface area contributed by atoms with Crippen molar-refractivity contribution in [1.29, 1.82) is 0 Å². The van der Waals surface area contributed by atoms with E-state index in [1.54, 1.807) is 7.11 Å². The first kappa shape index (κ1) is 20.9. The van der Waals surface area contributed by atoms with Crippen LogP contribution < -0.4 is 16.0 Å². The number of ether oxygens (including phenoxy) is 1. The van der Waals surface area contributed by atoms with Gasteiger partial charge in [0.05, 0.1) is 16.5 Å². The minimum Gasteiger partial charge on any atom is -0.384 e. The van der Waals surface area contributed by atoms with E-state index in [9.17, 15) is 9.59 Å². The summed E-state index contributed by atoms with van der Waals surface area (Å²) in [5.74, 6) is -0.141. The lowest BCUT2D eigenvalue weighted by Gasteiger charge is -2.37.